The molecule has 1 atom stereocenters. The van der Waals surface area contributed by atoms with Gasteiger partial charge in [0.2, 0.25) is 10.0 Å². The molecule has 1 amide bonds. The van der Waals surface area contributed by atoms with Gasteiger partial charge in [0, 0.05) is 44.8 Å². The molecule has 0 aromatic heterocycles. The number of carbonyl (C=O) groups excluding carboxylic acids is 1. The summed E-state index contributed by atoms with van der Waals surface area (Å²) >= 11 is 0. The molecule has 8 heteroatoms. The maximum Gasteiger partial charge on any atom is 0.251 e. The van der Waals surface area contributed by atoms with E-state index in [1.165, 1.54) is 12.1 Å². The molecule has 0 aliphatic carbocycles. The van der Waals surface area contributed by atoms with E-state index < -0.39 is 16.1 Å². The molecule has 31 heavy (non-hydrogen) atoms. The topological polar surface area (TPSA) is 81.7 Å². The minimum Gasteiger partial charge on any atom is -0.349 e. The van der Waals surface area contributed by atoms with Gasteiger partial charge in [-0.15, -0.1) is 6.58 Å². The van der Waals surface area contributed by atoms with E-state index in [0.717, 1.165) is 31.7 Å². The molecule has 0 bridgehead atoms. The lowest BCUT2D eigenvalue weighted by Crippen LogP contribution is -2.47. The molecule has 7 nitrogen and oxygen atoms in total. The minimum absolute atomic E-state index is 0.0676. The summed E-state index contributed by atoms with van der Waals surface area (Å²) in [6.45, 7) is 8.15. The fourth-order valence-corrected chi connectivity index (χ4v) is 4.77. The SMILES string of the molecule is C=CCNC(=O)c1cccc(S(=O)(=O)NC(CN2CCN(C)CC2)c2ccccc2)c1. The Balaban J connectivity index is 1.81. The van der Waals surface area contributed by atoms with E-state index in [4.69, 9.17) is 0 Å². The molecule has 1 fully saturated rings. The molecule has 0 saturated carbocycles. The predicted octanol–water partition coefficient (Wildman–Crippen LogP) is 1.87. The zero-order chi connectivity index (χ0) is 22.3. The van der Waals surface area contributed by atoms with Gasteiger partial charge in [-0.3, -0.25) is 9.69 Å². The van der Waals surface area contributed by atoms with Crippen molar-refractivity contribution in [2.45, 2.75) is 10.9 Å². The van der Waals surface area contributed by atoms with Crippen molar-refractivity contribution in [1.29, 1.82) is 0 Å². The van der Waals surface area contributed by atoms with Gasteiger partial charge in [0.1, 0.15) is 0 Å². The third-order valence-corrected chi connectivity index (χ3v) is 6.82. The summed E-state index contributed by atoms with van der Waals surface area (Å²) in [6, 6.07) is 15.3. The maximum atomic E-state index is 13.2. The monoisotopic (exact) mass is 442 g/mol. The first-order valence-corrected chi connectivity index (χ1v) is 11.8. The quantitative estimate of drug-likeness (QED) is 0.580. The smallest absolute Gasteiger partial charge is 0.251 e. The van der Waals surface area contributed by atoms with Crippen LogP contribution in [0.2, 0.25) is 0 Å². The van der Waals surface area contributed by atoms with Gasteiger partial charge in [-0.2, -0.15) is 0 Å². The molecule has 0 radical (unpaired) electrons. The molecule has 1 aliphatic rings. The first-order valence-electron chi connectivity index (χ1n) is 10.4. The van der Waals surface area contributed by atoms with Gasteiger partial charge in [0.25, 0.3) is 5.91 Å². The lowest BCUT2D eigenvalue weighted by atomic mass is 10.1. The number of amides is 1. The highest BCUT2D eigenvalue weighted by Crippen LogP contribution is 2.20. The first kappa shape index (κ1) is 23.1. The van der Waals surface area contributed by atoms with E-state index in [-0.39, 0.29) is 10.8 Å². The summed E-state index contributed by atoms with van der Waals surface area (Å²) in [7, 11) is -1.74. The van der Waals surface area contributed by atoms with Crippen LogP contribution in [0.1, 0.15) is 22.0 Å². The molecule has 1 heterocycles. The zero-order valence-electron chi connectivity index (χ0n) is 17.8. The maximum absolute atomic E-state index is 13.2. The normalized spacial score (nSPS) is 16.5. The number of sulfonamides is 1. The number of piperazine rings is 1. The molecule has 2 aromatic carbocycles. The van der Waals surface area contributed by atoms with Crippen LogP contribution in [0.25, 0.3) is 0 Å². The van der Waals surface area contributed by atoms with E-state index in [2.05, 4.69) is 33.5 Å². The van der Waals surface area contributed by atoms with Crippen LogP contribution in [0.3, 0.4) is 0 Å². The Morgan fingerprint density at radius 3 is 2.48 bits per heavy atom. The number of benzene rings is 2. The Hall–Kier alpha value is -2.52. The van der Waals surface area contributed by atoms with Gasteiger partial charge in [-0.25, -0.2) is 13.1 Å². The lowest BCUT2D eigenvalue weighted by Gasteiger charge is -2.35. The van der Waals surface area contributed by atoms with Gasteiger partial charge >= 0.3 is 0 Å². The van der Waals surface area contributed by atoms with Crippen molar-refractivity contribution in [1.82, 2.24) is 19.8 Å². The summed E-state index contributed by atoms with van der Waals surface area (Å²) in [5.41, 5.74) is 1.20. The zero-order valence-corrected chi connectivity index (χ0v) is 18.6. The summed E-state index contributed by atoms with van der Waals surface area (Å²) in [6.07, 6.45) is 1.57. The average Bonchev–Trinajstić information content (AvgIpc) is 2.79. The molecule has 3 rings (SSSR count). The predicted molar refractivity (Wildman–Crippen MR) is 122 cm³/mol. The Kier molecular flexibility index (Phi) is 7.97. The van der Waals surface area contributed by atoms with Crippen LogP contribution >= 0.6 is 0 Å². The van der Waals surface area contributed by atoms with Crippen LogP contribution in [0.4, 0.5) is 0 Å². The molecule has 2 aromatic rings. The highest BCUT2D eigenvalue weighted by molar-refractivity contribution is 7.89. The highest BCUT2D eigenvalue weighted by atomic mass is 32.2. The second-order valence-corrected chi connectivity index (χ2v) is 9.43. The van der Waals surface area contributed by atoms with Gasteiger partial charge in [-0.1, -0.05) is 42.5 Å². The molecule has 1 saturated heterocycles. The van der Waals surface area contributed by atoms with Crippen LogP contribution in [-0.2, 0) is 10.0 Å². The van der Waals surface area contributed by atoms with Crippen LogP contribution in [0.15, 0.2) is 72.1 Å². The molecule has 1 aliphatic heterocycles. The van der Waals surface area contributed by atoms with Crippen molar-refractivity contribution < 1.29 is 13.2 Å². The Morgan fingerprint density at radius 2 is 1.81 bits per heavy atom. The standard InChI is InChI=1S/C23H30N4O3S/c1-3-12-24-23(28)20-10-7-11-21(17-20)31(29,30)25-22(19-8-5-4-6-9-19)18-27-15-13-26(2)14-16-27/h3-11,17,22,25H,1,12-16,18H2,2H3,(H,24,28). The molecular weight excluding hydrogens is 412 g/mol. The van der Waals surface area contributed by atoms with Gasteiger partial charge < -0.3 is 10.2 Å². The number of hydrogen-bond acceptors (Lipinski definition) is 5. The Labute approximate surface area is 184 Å². The summed E-state index contributed by atoms with van der Waals surface area (Å²) in [4.78, 5) is 16.8. The molecular formula is C23H30N4O3S. The average molecular weight is 443 g/mol. The highest BCUT2D eigenvalue weighted by Gasteiger charge is 2.25. The lowest BCUT2D eigenvalue weighted by molar-refractivity contribution is 0.0958. The van der Waals surface area contributed by atoms with Crippen molar-refractivity contribution >= 4 is 15.9 Å². The third kappa shape index (κ3) is 6.48. The van der Waals surface area contributed by atoms with Crippen LogP contribution in [-0.4, -0.2) is 70.4 Å². The van der Waals surface area contributed by atoms with Crippen molar-refractivity contribution in [2.75, 3.05) is 46.3 Å². The fraction of sp³-hybridized carbons (Fsp3) is 0.348. The number of hydrogen-bond donors (Lipinski definition) is 2. The molecule has 1 unspecified atom stereocenters. The third-order valence-electron chi connectivity index (χ3n) is 5.35. The summed E-state index contributed by atoms with van der Waals surface area (Å²) in [5, 5.41) is 2.67. The second-order valence-electron chi connectivity index (χ2n) is 7.71. The Morgan fingerprint density at radius 1 is 1.10 bits per heavy atom. The molecule has 166 valence electrons. The number of carbonyl (C=O) groups is 1. The first-order chi connectivity index (χ1) is 14.9. The van der Waals surface area contributed by atoms with Crippen molar-refractivity contribution in [2.24, 2.45) is 0 Å². The van der Waals surface area contributed by atoms with Crippen LogP contribution in [0.5, 0.6) is 0 Å². The van der Waals surface area contributed by atoms with E-state index in [0.29, 0.717) is 18.7 Å². The Bertz CT molecular complexity index is 987. The molecule has 2 N–H and O–H groups in total. The van der Waals surface area contributed by atoms with E-state index in [1.807, 2.05) is 30.3 Å². The van der Waals surface area contributed by atoms with Gasteiger partial charge in [0.05, 0.1) is 10.9 Å². The fourth-order valence-electron chi connectivity index (χ4n) is 3.51. The number of likely N-dealkylation sites (N-methyl/N-ethyl adjacent to an activating group) is 1. The van der Waals surface area contributed by atoms with Gasteiger partial charge in [-0.05, 0) is 30.8 Å². The number of rotatable bonds is 9. The van der Waals surface area contributed by atoms with Crippen LogP contribution < -0.4 is 10.0 Å². The van der Waals surface area contributed by atoms with E-state index in [9.17, 15) is 13.2 Å². The van der Waals surface area contributed by atoms with Gasteiger partial charge in [0.15, 0.2) is 0 Å². The summed E-state index contributed by atoms with van der Waals surface area (Å²) in [5.74, 6) is -0.339. The summed E-state index contributed by atoms with van der Waals surface area (Å²) < 4.78 is 29.3. The van der Waals surface area contributed by atoms with E-state index >= 15 is 0 Å². The number of nitrogens with one attached hydrogen (secondary N) is 2. The number of nitrogens with zero attached hydrogens (tertiary/aromatic N) is 2. The van der Waals surface area contributed by atoms with Crippen molar-refractivity contribution in [3.05, 3.63) is 78.4 Å². The largest absolute Gasteiger partial charge is 0.349 e. The van der Waals surface area contributed by atoms with Crippen LogP contribution in [0, 0.1) is 0 Å². The second kappa shape index (κ2) is 10.7. The van der Waals surface area contributed by atoms with E-state index in [1.54, 1.807) is 18.2 Å². The minimum atomic E-state index is -3.83. The van der Waals surface area contributed by atoms with Crippen molar-refractivity contribution in [3.8, 4) is 0 Å². The molecule has 0 spiro atoms. The van der Waals surface area contributed by atoms with Crippen molar-refractivity contribution in [3.63, 3.8) is 0 Å².